The summed E-state index contributed by atoms with van der Waals surface area (Å²) < 4.78 is 0. The lowest BCUT2D eigenvalue weighted by Crippen LogP contribution is -1.95. The Morgan fingerprint density at radius 1 is 0.833 bits per heavy atom. The van der Waals surface area contributed by atoms with Gasteiger partial charge in [0.05, 0.1) is 21.7 Å². The predicted molar refractivity (Wildman–Crippen MR) is 102 cm³/mol. The van der Waals surface area contributed by atoms with Crippen LogP contribution in [0.25, 0.3) is 33.1 Å². The zero-order valence-corrected chi connectivity index (χ0v) is 14.4. The van der Waals surface area contributed by atoms with Gasteiger partial charge in [-0.1, -0.05) is 74.0 Å². The van der Waals surface area contributed by atoms with Gasteiger partial charge in [0.25, 0.3) is 0 Å². The molecule has 0 unspecified atom stereocenters. The molecule has 3 heteroatoms. The van der Waals surface area contributed by atoms with Gasteiger partial charge in [-0.15, -0.1) is 0 Å². The summed E-state index contributed by atoms with van der Waals surface area (Å²) in [7, 11) is 0. The van der Waals surface area contributed by atoms with Crippen molar-refractivity contribution in [3.05, 3.63) is 71.4 Å². The first-order chi connectivity index (χ1) is 11.6. The lowest BCUT2D eigenvalue weighted by atomic mass is 10.0. The van der Waals surface area contributed by atoms with Crippen LogP contribution < -0.4 is 0 Å². The summed E-state index contributed by atoms with van der Waals surface area (Å²) in [6.07, 6.45) is 0. The smallest absolute Gasteiger partial charge is 0.0987 e. The highest BCUT2D eigenvalue weighted by atomic mass is 35.5. The average Bonchev–Trinajstić information content (AvgIpc) is 2.61. The first kappa shape index (κ1) is 15.1. The van der Waals surface area contributed by atoms with Crippen LogP contribution in [-0.2, 0) is 0 Å². The van der Waals surface area contributed by atoms with Crippen LogP contribution in [0.15, 0.2) is 60.7 Å². The van der Waals surface area contributed by atoms with E-state index in [0.29, 0.717) is 10.9 Å². The van der Waals surface area contributed by atoms with Gasteiger partial charge < -0.3 is 0 Å². The van der Waals surface area contributed by atoms with E-state index in [1.807, 2.05) is 42.5 Å². The molecule has 2 aromatic carbocycles. The van der Waals surface area contributed by atoms with Crippen molar-refractivity contribution in [1.29, 1.82) is 0 Å². The van der Waals surface area contributed by atoms with Crippen LogP contribution >= 0.6 is 11.6 Å². The van der Waals surface area contributed by atoms with E-state index in [-0.39, 0.29) is 0 Å². The third-order valence-electron chi connectivity index (χ3n) is 4.27. The molecule has 2 nitrogen and oxygen atoms in total. The molecular formula is C21H17ClN2. The first-order valence-electron chi connectivity index (χ1n) is 8.09. The molecule has 4 rings (SSSR count). The number of fused-ring (bicyclic) bond motifs is 3. The Labute approximate surface area is 146 Å². The third kappa shape index (κ3) is 2.53. The van der Waals surface area contributed by atoms with Gasteiger partial charge >= 0.3 is 0 Å². The van der Waals surface area contributed by atoms with E-state index in [9.17, 15) is 0 Å². The molecule has 118 valence electrons. The SMILES string of the molecule is CC(C)c1ccc2ccc3c(Cl)cc(-c4ccccc4)nc3c2n1. The van der Waals surface area contributed by atoms with Crippen molar-refractivity contribution in [3.8, 4) is 11.3 Å². The highest BCUT2D eigenvalue weighted by Crippen LogP contribution is 2.32. The molecular weight excluding hydrogens is 316 g/mol. The second-order valence-corrected chi connectivity index (χ2v) is 6.69. The Morgan fingerprint density at radius 2 is 1.58 bits per heavy atom. The van der Waals surface area contributed by atoms with Gasteiger partial charge in [0.15, 0.2) is 0 Å². The maximum absolute atomic E-state index is 6.55. The standard InChI is InChI=1S/C21H17ClN2/c1-13(2)18-11-9-15-8-10-16-17(22)12-19(14-6-4-3-5-7-14)24-21(16)20(15)23-18/h3-13H,1-2H3. The summed E-state index contributed by atoms with van der Waals surface area (Å²) >= 11 is 6.55. The second-order valence-electron chi connectivity index (χ2n) is 6.28. The topological polar surface area (TPSA) is 25.8 Å². The normalized spacial score (nSPS) is 11.5. The molecule has 4 aromatic rings. The van der Waals surface area contributed by atoms with Crippen molar-refractivity contribution < 1.29 is 0 Å². The number of rotatable bonds is 2. The lowest BCUT2D eigenvalue weighted by Gasteiger charge is -2.10. The number of pyridine rings is 2. The van der Waals surface area contributed by atoms with Crippen LogP contribution in [0.5, 0.6) is 0 Å². The van der Waals surface area contributed by atoms with Gasteiger partial charge in [0, 0.05) is 22.0 Å². The third-order valence-corrected chi connectivity index (χ3v) is 4.58. The van der Waals surface area contributed by atoms with Crippen LogP contribution in [0.4, 0.5) is 0 Å². The summed E-state index contributed by atoms with van der Waals surface area (Å²) in [5.74, 6) is 0.373. The van der Waals surface area contributed by atoms with Crippen LogP contribution in [0.2, 0.25) is 5.02 Å². The molecule has 0 aliphatic carbocycles. The molecule has 0 aliphatic rings. The molecule has 0 fully saturated rings. The lowest BCUT2D eigenvalue weighted by molar-refractivity contribution is 0.830. The Morgan fingerprint density at radius 3 is 2.33 bits per heavy atom. The summed E-state index contributed by atoms with van der Waals surface area (Å²) in [5.41, 5.74) is 4.77. The van der Waals surface area contributed by atoms with Gasteiger partial charge in [-0.2, -0.15) is 0 Å². The zero-order valence-electron chi connectivity index (χ0n) is 13.6. The summed E-state index contributed by atoms with van der Waals surface area (Å²) in [4.78, 5) is 9.75. The zero-order chi connectivity index (χ0) is 16.7. The number of nitrogens with zero attached hydrogens (tertiary/aromatic N) is 2. The maximum atomic E-state index is 6.55. The monoisotopic (exact) mass is 332 g/mol. The van der Waals surface area contributed by atoms with Crippen molar-refractivity contribution in [2.24, 2.45) is 0 Å². The van der Waals surface area contributed by atoms with Gasteiger partial charge in [-0.25, -0.2) is 4.98 Å². The molecule has 0 radical (unpaired) electrons. The minimum absolute atomic E-state index is 0.373. The molecule has 24 heavy (non-hydrogen) atoms. The number of aromatic nitrogens is 2. The van der Waals surface area contributed by atoms with Crippen molar-refractivity contribution in [1.82, 2.24) is 9.97 Å². The number of hydrogen-bond donors (Lipinski definition) is 0. The Hall–Kier alpha value is -2.45. The number of hydrogen-bond acceptors (Lipinski definition) is 2. The number of halogens is 1. The Balaban J connectivity index is 2.06. The van der Waals surface area contributed by atoms with Crippen molar-refractivity contribution >= 4 is 33.4 Å². The molecule has 0 saturated heterocycles. The highest BCUT2D eigenvalue weighted by molar-refractivity contribution is 6.36. The van der Waals surface area contributed by atoms with Crippen LogP contribution in [0, 0.1) is 0 Å². The van der Waals surface area contributed by atoms with Crippen molar-refractivity contribution in [3.63, 3.8) is 0 Å². The van der Waals surface area contributed by atoms with Crippen LogP contribution in [-0.4, -0.2) is 9.97 Å². The fourth-order valence-corrected chi connectivity index (χ4v) is 3.18. The van der Waals surface area contributed by atoms with Crippen LogP contribution in [0.3, 0.4) is 0 Å². The Bertz CT molecular complexity index is 1040. The summed E-state index contributed by atoms with van der Waals surface area (Å²) in [5, 5.41) is 2.73. The van der Waals surface area contributed by atoms with E-state index in [1.165, 1.54) is 0 Å². The second kappa shape index (κ2) is 5.88. The molecule has 2 aromatic heterocycles. The predicted octanol–water partition coefficient (Wildman–Crippen LogP) is 6.23. The van der Waals surface area contributed by atoms with E-state index in [2.05, 4.69) is 32.0 Å². The minimum atomic E-state index is 0.373. The largest absolute Gasteiger partial charge is 0.250 e. The van der Waals surface area contributed by atoms with E-state index in [1.54, 1.807) is 0 Å². The molecule has 0 atom stereocenters. The van der Waals surface area contributed by atoms with Crippen molar-refractivity contribution in [2.75, 3.05) is 0 Å². The van der Waals surface area contributed by atoms with E-state index < -0.39 is 0 Å². The van der Waals surface area contributed by atoms with E-state index in [4.69, 9.17) is 21.6 Å². The first-order valence-corrected chi connectivity index (χ1v) is 8.46. The molecule has 0 saturated carbocycles. The Kier molecular flexibility index (Phi) is 3.70. The molecule has 0 aliphatic heterocycles. The molecule has 0 N–H and O–H groups in total. The molecule has 0 bridgehead atoms. The molecule has 0 spiro atoms. The molecule has 2 heterocycles. The van der Waals surface area contributed by atoms with E-state index >= 15 is 0 Å². The highest BCUT2D eigenvalue weighted by Gasteiger charge is 2.11. The van der Waals surface area contributed by atoms with Crippen molar-refractivity contribution in [2.45, 2.75) is 19.8 Å². The van der Waals surface area contributed by atoms with E-state index in [0.717, 1.165) is 38.8 Å². The summed E-state index contributed by atoms with van der Waals surface area (Å²) in [6.45, 7) is 4.30. The van der Waals surface area contributed by atoms with Gasteiger partial charge in [-0.05, 0) is 18.1 Å². The average molecular weight is 333 g/mol. The maximum Gasteiger partial charge on any atom is 0.0987 e. The van der Waals surface area contributed by atoms with Gasteiger partial charge in [-0.3, -0.25) is 4.98 Å². The van der Waals surface area contributed by atoms with Gasteiger partial charge in [0.1, 0.15) is 0 Å². The fraction of sp³-hybridized carbons (Fsp3) is 0.143. The summed E-state index contributed by atoms with van der Waals surface area (Å²) in [6, 6.07) is 20.3. The number of benzene rings is 2. The minimum Gasteiger partial charge on any atom is -0.250 e. The fourth-order valence-electron chi connectivity index (χ4n) is 2.92. The van der Waals surface area contributed by atoms with Crippen LogP contribution in [0.1, 0.15) is 25.5 Å². The van der Waals surface area contributed by atoms with Gasteiger partial charge in [0.2, 0.25) is 0 Å². The molecule has 0 amide bonds. The quantitative estimate of drug-likeness (QED) is 0.407.